The number of aliphatic hydroxyl groups is 2. The van der Waals surface area contributed by atoms with Crippen LogP contribution in [0.25, 0.3) is 0 Å². The largest absolute Gasteiger partial charge is 0.392 e. The molecule has 1 aromatic rings. The molecule has 2 atom stereocenters. The van der Waals surface area contributed by atoms with E-state index in [-0.39, 0.29) is 11.6 Å². The molecule has 1 heterocycles. The summed E-state index contributed by atoms with van der Waals surface area (Å²) in [5, 5.41) is 19.6. The molecular weight excluding hydrogens is 264 g/mol. The molecule has 0 amide bonds. The minimum atomic E-state index is -0.821. The van der Waals surface area contributed by atoms with Crippen molar-refractivity contribution >= 4 is 0 Å². The van der Waals surface area contributed by atoms with E-state index in [9.17, 15) is 19.0 Å². The van der Waals surface area contributed by atoms with E-state index >= 15 is 0 Å². The van der Waals surface area contributed by atoms with Gasteiger partial charge in [-0.1, -0.05) is 0 Å². The summed E-state index contributed by atoms with van der Waals surface area (Å²) in [5.41, 5.74) is -0.546. The number of aliphatic hydroxyl groups excluding tert-OH is 1. The maximum atomic E-state index is 13.9. The van der Waals surface area contributed by atoms with E-state index in [4.69, 9.17) is 0 Å². The molecule has 0 radical (unpaired) electrons. The molecule has 2 rings (SSSR count). The number of likely N-dealkylation sites (tertiary alicyclic amines) is 1. The molecule has 0 aliphatic carbocycles. The molecule has 3 nitrogen and oxygen atoms in total. The van der Waals surface area contributed by atoms with Crippen molar-refractivity contribution in [1.29, 1.82) is 0 Å². The van der Waals surface area contributed by atoms with Gasteiger partial charge in [0.2, 0.25) is 0 Å². The highest BCUT2D eigenvalue weighted by atomic mass is 19.1. The van der Waals surface area contributed by atoms with Gasteiger partial charge in [0.25, 0.3) is 0 Å². The minimum absolute atomic E-state index is 0.275. The van der Waals surface area contributed by atoms with Crippen LogP contribution in [-0.2, 0) is 0 Å². The first-order valence-corrected chi connectivity index (χ1v) is 6.86. The van der Waals surface area contributed by atoms with Gasteiger partial charge in [0.1, 0.15) is 11.6 Å². The number of rotatable bonds is 4. The zero-order chi connectivity index (χ0) is 14.9. The van der Waals surface area contributed by atoms with Gasteiger partial charge in [-0.25, -0.2) is 8.78 Å². The smallest absolute Gasteiger partial charge is 0.128 e. The molecule has 0 bridgehead atoms. The normalized spacial score (nSPS) is 24.3. The van der Waals surface area contributed by atoms with Crippen molar-refractivity contribution in [1.82, 2.24) is 4.90 Å². The molecule has 1 aromatic carbocycles. The Morgan fingerprint density at radius 2 is 2.05 bits per heavy atom. The molecule has 0 aromatic heterocycles. The van der Waals surface area contributed by atoms with Crippen molar-refractivity contribution in [2.45, 2.75) is 44.4 Å². The Morgan fingerprint density at radius 1 is 1.35 bits per heavy atom. The summed E-state index contributed by atoms with van der Waals surface area (Å²) in [7, 11) is 0. The lowest BCUT2D eigenvalue weighted by Crippen LogP contribution is -2.32. The molecule has 2 N–H and O–H groups in total. The lowest BCUT2D eigenvalue weighted by Gasteiger charge is -2.27. The molecule has 1 fully saturated rings. The highest BCUT2D eigenvalue weighted by molar-refractivity contribution is 5.23. The Hall–Kier alpha value is -1.04. The third-order valence-electron chi connectivity index (χ3n) is 3.71. The molecule has 0 spiro atoms. The molecule has 2 unspecified atom stereocenters. The summed E-state index contributed by atoms with van der Waals surface area (Å²) in [6.45, 7) is 4.35. The Morgan fingerprint density at radius 3 is 2.70 bits per heavy atom. The third kappa shape index (κ3) is 3.75. The van der Waals surface area contributed by atoms with E-state index in [1.807, 2.05) is 4.90 Å². The Labute approximate surface area is 117 Å². The van der Waals surface area contributed by atoms with Crippen molar-refractivity contribution in [2.24, 2.45) is 0 Å². The lowest BCUT2D eigenvalue weighted by molar-refractivity contribution is 0.0541. The third-order valence-corrected chi connectivity index (χ3v) is 3.71. The highest BCUT2D eigenvalue weighted by Gasteiger charge is 2.34. The van der Waals surface area contributed by atoms with E-state index in [1.165, 1.54) is 6.07 Å². The SMILES string of the molecule is CC(C)(O)CCN1CC(O)CC1c1cc(F)ccc1F. The van der Waals surface area contributed by atoms with Gasteiger partial charge in [-0.05, 0) is 44.9 Å². The van der Waals surface area contributed by atoms with Crippen LogP contribution in [0.1, 0.15) is 38.3 Å². The zero-order valence-corrected chi connectivity index (χ0v) is 11.8. The van der Waals surface area contributed by atoms with Crippen LogP contribution >= 0.6 is 0 Å². The van der Waals surface area contributed by atoms with E-state index in [2.05, 4.69) is 0 Å². The number of halogens is 2. The van der Waals surface area contributed by atoms with Crippen molar-refractivity contribution < 1.29 is 19.0 Å². The maximum Gasteiger partial charge on any atom is 0.128 e. The van der Waals surface area contributed by atoms with Gasteiger partial charge >= 0.3 is 0 Å². The molecule has 1 saturated heterocycles. The van der Waals surface area contributed by atoms with Crippen molar-refractivity contribution in [3.63, 3.8) is 0 Å². The minimum Gasteiger partial charge on any atom is -0.392 e. The van der Waals surface area contributed by atoms with Crippen LogP contribution in [0.4, 0.5) is 8.78 Å². The lowest BCUT2D eigenvalue weighted by atomic mass is 10.0. The Bertz CT molecular complexity index is 473. The van der Waals surface area contributed by atoms with Gasteiger partial charge in [-0.3, -0.25) is 4.90 Å². The van der Waals surface area contributed by atoms with Crippen LogP contribution in [0.3, 0.4) is 0 Å². The Kier molecular flexibility index (Phi) is 4.42. The van der Waals surface area contributed by atoms with Gasteiger partial charge in [0.15, 0.2) is 0 Å². The number of β-amino-alcohol motifs (C(OH)–C–C–N with tert-alkyl or cyclic N) is 1. The summed E-state index contributed by atoms with van der Waals surface area (Å²) in [6, 6.07) is 3.05. The predicted molar refractivity (Wildman–Crippen MR) is 72.2 cm³/mol. The van der Waals surface area contributed by atoms with E-state index in [1.54, 1.807) is 13.8 Å². The van der Waals surface area contributed by atoms with Crippen molar-refractivity contribution in [2.75, 3.05) is 13.1 Å². The van der Waals surface area contributed by atoms with E-state index < -0.39 is 23.3 Å². The highest BCUT2D eigenvalue weighted by Crippen LogP contribution is 2.34. The first-order valence-electron chi connectivity index (χ1n) is 6.86. The van der Waals surface area contributed by atoms with Gasteiger partial charge in [-0.15, -0.1) is 0 Å². The van der Waals surface area contributed by atoms with E-state index in [0.717, 1.165) is 12.1 Å². The van der Waals surface area contributed by atoms with Gasteiger partial charge in [0, 0.05) is 24.7 Å². The molecule has 112 valence electrons. The molecule has 1 aliphatic rings. The number of benzene rings is 1. The second-order valence-corrected chi connectivity index (χ2v) is 6.13. The second kappa shape index (κ2) is 5.76. The summed E-state index contributed by atoms with van der Waals surface area (Å²) in [6.07, 6.45) is 0.337. The van der Waals surface area contributed by atoms with Crippen LogP contribution in [0, 0.1) is 11.6 Å². The van der Waals surface area contributed by atoms with Crippen LogP contribution < -0.4 is 0 Å². The van der Waals surface area contributed by atoms with Gasteiger partial charge in [0.05, 0.1) is 11.7 Å². The fourth-order valence-corrected chi connectivity index (χ4v) is 2.64. The average Bonchev–Trinajstić information content (AvgIpc) is 2.70. The summed E-state index contributed by atoms with van der Waals surface area (Å²) in [5.74, 6) is -0.941. The van der Waals surface area contributed by atoms with Crippen LogP contribution in [-0.4, -0.2) is 39.9 Å². The van der Waals surface area contributed by atoms with Gasteiger partial charge < -0.3 is 10.2 Å². The topological polar surface area (TPSA) is 43.7 Å². The second-order valence-electron chi connectivity index (χ2n) is 6.13. The summed E-state index contributed by atoms with van der Waals surface area (Å²) < 4.78 is 27.2. The first-order chi connectivity index (χ1) is 9.26. The first kappa shape index (κ1) is 15.4. The van der Waals surface area contributed by atoms with Crippen LogP contribution in [0.2, 0.25) is 0 Å². The number of hydrogen-bond donors (Lipinski definition) is 2. The van der Waals surface area contributed by atoms with E-state index in [0.29, 0.717) is 25.9 Å². The predicted octanol–water partition coefficient (Wildman–Crippen LogP) is 2.23. The van der Waals surface area contributed by atoms with Crippen LogP contribution in [0.5, 0.6) is 0 Å². The maximum absolute atomic E-state index is 13.9. The summed E-state index contributed by atoms with van der Waals surface area (Å²) in [4.78, 5) is 1.90. The fraction of sp³-hybridized carbons (Fsp3) is 0.600. The summed E-state index contributed by atoms with van der Waals surface area (Å²) >= 11 is 0. The quantitative estimate of drug-likeness (QED) is 0.891. The molecule has 1 aliphatic heterocycles. The van der Waals surface area contributed by atoms with Crippen molar-refractivity contribution in [3.8, 4) is 0 Å². The molecular formula is C15H21F2NO2. The number of nitrogens with zero attached hydrogens (tertiary/aromatic N) is 1. The van der Waals surface area contributed by atoms with Crippen LogP contribution in [0.15, 0.2) is 18.2 Å². The molecule has 20 heavy (non-hydrogen) atoms. The standard InChI is InChI=1S/C15H21F2NO2/c1-15(2,20)5-6-18-9-11(19)8-14(18)12-7-10(16)3-4-13(12)17/h3-4,7,11,14,19-20H,5-6,8-9H2,1-2H3. The van der Waals surface area contributed by atoms with Crippen molar-refractivity contribution in [3.05, 3.63) is 35.4 Å². The zero-order valence-electron chi connectivity index (χ0n) is 11.8. The van der Waals surface area contributed by atoms with Gasteiger partial charge in [-0.2, -0.15) is 0 Å². The fourth-order valence-electron chi connectivity index (χ4n) is 2.64. The monoisotopic (exact) mass is 285 g/mol. The Balaban J connectivity index is 2.17. The average molecular weight is 285 g/mol. The molecule has 0 saturated carbocycles. The number of hydrogen-bond acceptors (Lipinski definition) is 3. The molecule has 5 heteroatoms.